The minimum atomic E-state index is -0.851. The van der Waals surface area contributed by atoms with E-state index in [1.54, 1.807) is 0 Å². The molecule has 0 aliphatic carbocycles. The van der Waals surface area contributed by atoms with Gasteiger partial charge in [-0.1, -0.05) is 48.5 Å². The molecule has 1 aliphatic heterocycles. The second-order valence-electron chi connectivity index (χ2n) is 7.09. The molecule has 5 nitrogen and oxygen atoms in total. The van der Waals surface area contributed by atoms with Gasteiger partial charge >= 0.3 is 5.97 Å². The second-order valence-corrected chi connectivity index (χ2v) is 7.09. The van der Waals surface area contributed by atoms with Crippen molar-refractivity contribution in [3.63, 3.8) is 0 Å². The number of rotatable bonds is 6. The van der Waals surface area contributed by atoms with Crippen LogP contribution in [-0.2, 0) is 16.1 Å². The fourth-order valence-corrected chi connectivity index (χ4v) is 3.98. The van der Waals surface area contributed by atoms with Crippen LogP contribution in [0.15, 0.2) is 60.8 Å². The summed E-state index contributed by atoms with van der Waals surface area (Å²) in [6.07, 6.45) is 3.67. The number of ether oxygens (including phenoxy) is 1. The van der Waals surface area contributed by atoms with E-state index in [9.17, 15) is 9.90 Å². The average Bonchev–Trinajstić information content (AvgIpc) is 3.32. The van der Waals surface area contributed by atoms with Crippen molar-refractivity contribution in [3.05, 3.63) is 71.9 Å². The van der Waals surface area contributed by atoms with Gasteiger partial charge in [-0.2, -0.15) is 0 Å². The number of para-hydroxylation sites is 1. The molecular weight excluding hydrogens is 340 g/mol. The number of fused-ring (bicyclic) bond motifs is 1. The monoisotopic (exact) mass is 364 g/mol. The van der Waals surface area contributed by atoms with E-state index in [-0.39, 0.29) is 6.23 Å². The van der Waals surface area contributed by atoms with Gasteiger partial charge in [0.2, 0.25) is 0 Å². The summed E-state index contributed by atoms with van der Waals surface area (Å²) in [6.45, 7) is 1.40. The van der Waals surface area contributed by atoms with Gasteiger partial charge in [0.25, 0.3) is 0 Å². The molecule has 140 valence electrons. The molecule has 1 N–H and O–H groups in total. The van der Waals surface area contributed by atoms with Crippen molar-refractivity contribution < 1.29 is 14.6 Å². The number of aliphatic carboxylic acids is 1. The van der Waals surface area contributed by atoms with Crippen molar-refractivity contribution in [2.75, 3.05) is 13.7 Å². The first kappa shape index (κ1) is 17.8. The minimum absolute atomic E-state index is 0.151. The molecule has 2 aromatic carbocycles. The number of hydrogen-bond donors (Lipinski definition) is 1. The summed E-state index contributed by atoms with van der Waals surface area (Å²) < 4.78 is 7.88. The van der Waals surface area contributed by atoms with Crippen LogP contribution >= 0.6 is 0 Å². The summed E-state index contributed by atoms with van der Waals surface area (Å²) >= 11 is 0. The SMILES string of the molecule is CN(C1CCCO1)C(C(=O)O)c1cn(Cc2ccccc2)c2ccccc12. The van der Waals surface area contributed by atoms with Crippen molar-refractivity contribution in [1.29, 1.82) is 0 Å². The largest absolute Gasteiger partial charge is 0.480 e. The zero-order valence-electron chi connectivity index (χ0n) is 15.4. The van der Waals surface area contributed by atoms with E-state index in [0.717, 1.165) is 29.3 Å². The number of carbonyl (C=O) groups is 1. The highest BCUT2D eigenvalue weighted by Crippen LogP contribution is 2.33. The van der Waals surface area contributed by atoms with E-state index in [1.165, 1.54) is 5.56 Å². The Bertz CT molecular complexity index is 929. The predicted molar refractivity (Wildman–Crippen MR) is 105 cm³/mol. The molecule has 1 aromatic heterocycles. The van der Waals surface area contributed by atoms with Crippen LogP contribution in [0.5, 0.6) is 0 Å². The number of hydrogen-bond acceptors (Lipinski definition) is 3. The normalized spacial score (nSPS) is 18.2. The molecule has 4 rings (SSSR count). The van der Waals surface area contributed by atoms with Gasteiger partial charge in [-0.25, -0.2) is 0 Å². The molecule has 2 unspecified atom stereocenters. The molecule has 3 aromatic rings. The minimum Gasteiger partial charge on any atom is -0.480 e. The predicted octanol–water partition coefficient (Wildman–Crippen LogP) is 3.88. The van der Waals surface area contributed by atoms with Crippen molar-refractivity contribution in [3.8, 4) is 0 Å². The van der Waals surface area contributed by atoms with Gasteiger partial charge in [0.05, 0.1) is 0 Å². The van der Waals surface area contributed by atoms with Crippen molar-refractivity contribution in [2.45, 2.75) is 31.7 Å². The first-order chi connectivity index (χ1) is 13.1. The van der Waals surface area contributed by atoms with Crippen LogP contribution in [0.3, 0.4) is 0 Å². The Balaban J connectivity index is 1.76. The fraction of sp³-hybridized carbons (Fsp3) is 0.318. The highest BCUT2D eigenvalue weighted by molar-refractivity contribution is 5.89. The highest BCUT2D eigenvalue weighted by Gasteiger charge is 2.34. The van der Waals surface area contributed by atoms with E-state index < -0.39 is 12.0 Å². The van der Waals surface area contributed by atoms with Crippen LogP contribution in [0, 0.1) is 0 Å². The molecule has 0 amide bonds. The Labute approximate surface area is 158 Å². The summed E-state index contributed by atoms with van der Waals surface area (Å²) in [7, 11) is 1.85. The standard InChI is InChI=1S/C22H24N2O3/c1-23(20-12-7-13-27-20)21(22(25)26)18-15-24(14-16-8-3-2-4-9-16)19-11-6-5-10-17(18)19/h2-6,8-11,15,20-21H,7,12-14H2,1H3,(H,25,26). The Morgan fingerprint density at radius 1 is 1.22 bits per heavy atom. The number of carboxylic acids is 1. The zero-order chi connectivity index (χ0) is 18.8. The lowest BCUT2D eigenvalue weighted by Crippen LogP contribution is -2.38. The van der Waals surface area contributed by atoms with Gasteiger partial charge in [0, 0.05) is 35.8 Å². The van der Waals surface area contributed by atoms with E-state index in [2.05, 4.69) is 16.7 Å². The molecule has 0 radical (unpaired) electrons. The van der Waals surface area contributed by atoms with E-state index in [1.807, 2.05) is 60.6 Å². The molecule has 0 bridgehead atoms. The Hall–Kier alpha value is -2.63. The second kappa shape index (κ2) is 7.55. The number of likely N-dealkylation sites (N-methyl/N-ethyl adjacent to an activating group) is 1. The van der Waals surface area contributed by atoms with Crippen LogP contribution < -0.4 is 0 Å². The number of benzene rings is 2. The molecule has 5 heteroatoms. The topological polar surface area (TPSA) is 54.7 Å². The van der Waals surface area contributed by atoms with Crippen LogP contribution in [-0.4, -0.2) is 40.4 Å². The third-order valence-corrected chi connectivity index (χ3v) is 5.31. The van der Waals surface area contributed by atoms with Gasteiger partial charge in [-0.15, -0.1) is 0 Å². The Morgan fingerprint density at radius 2 is 1.96 bits per heavy atom. The maximum Gasteiger partial charge on any atom is 0.325 e. The lowest BCUT2D eigenvalue weighted by Gasteiger charge is -2.29. The fourth-order valence-electron chi connectivity index (χ4n) is 3.98. The van der Waals surface area contributed by atoms with Crippen LogP contribution in [0.4, 0.5) is 0 Å². The number of nitrogens with zero attached hydrogens (tertiary/aromatic N) is 2. The third kappa shape index (κ3) is 3.48. The Kier molecular flexibility index (Phi) is 4.97. The number of carboxylic acid groups (broad SMARTS) is 1. The maximum absolute atomic E-state index is 12.2. The van der Waals surface area contributed by atoms with Gasteiger partial charge < -0.3 is 14.4 Å². The van der Waals surface area contributed by atoms with Gasteiger partial charge in [0.1, 0.15) is 12.3 Å². The lowest BCUT2D eigenvalue weighted by molar-refractivity contribution is -0.148. The summed E-state index contributed by atoms with van der Waals surface area (Å²) in [5.41, 5.74) is 3.04. The summed E-state index contributed by atoms with van der Waals surface area (Å²) in [6, 6.07) is 17.5. The van der Waals surface area contributed by atoms with E-state index >= 15 is 0 Å². The molecule has 2 heterocycles. The van der Waals surface area contributed by atoms with Crippen molar-refractivity contribution >= 4 is 16.9 Å². The van der Waals surface area contributed by atoms with Crippen molar-refractivity contribution in [1.82, 2.24) is 9.47 Å². The van der Waals surface area contributed by atoms with Gasteiger partial charge in [0.15, 0.2) is 0 Å². The first-order valence-corrected chi connectivity index (χ1v) is 9.33. The lowest BCUT2D eigenvalue weighted by atomic mass is 10.0. The summed E-state index contributed by atoms with van der Waals surface area (Å²) in [5, 5.41) is 11.0. The maximum atomic E-state index is 12.2. The summed E-state index contributed by atoms with van der Waals surface area (Å²) in [4.78, 5) is 14.1. The molecule has 1 aliphatic rings. The molecule has 2 atom stereocenters. The van der Waals surface area contributed by atoms with E-state index in [0.29, 0.717) is 13.2 Å². The van der Waals surface area contributed by atoms with Crippen LogP contribution in [0.2, 0.25) is 0 Å². The molecule has 0 saturated carbocycles. The quantitative estimate of drug-likeness (QED) is 0.721. The van der Waals surface area contributed by atoms with Gasteiger partial charge in [-0.3, -0.25) is 9.69 Å². The van der Waals surface area contributed by atoms with E-state index in [4.69, 9.17) is 4.74 Å². The van der Waals surface area contributed by atoms with Crippen LogP contribution in [0.25, 0.3) is 10.9 Å². The first-order valence-electron chi connectivity index (χ1n) is 9.33. The van der Waals surface area contributed by atoms with Gasteiger partial charge in [-0.05, 0) is 31.5 Å². The smallest absolute Gasteiger partial charge is 0.325 e. The average molecular weight is 364 g/mol. The van der Waals surface area contributed by atoms with Crippen LogP contribution in [0.1, 0.15) is 30.0 Å². The third-order valence-electron chi connectivity index (χ3n) is 5.31. The highest BCUT2D eigenvalue weighted by atomic mass is 16.5. The molecule has 1 saturated heterocycles. The molecular formula is C22H24N2O3. The Morgan fingerprint density at radius 3 is 2.67 bits per heavy atom. The number of aromatic nitrogens is 1. The summed E-state index contributed by atoms with van der Waals surface area (Å²) in [5.74, 6) is -0.851. The molecule has 0 spiro atoms. The molecule has 1 fully saturated rings. The molecule has 27 heavy (non-hydrogen) atoms. The zero-order valence-corrected chi connectivity index (χ0v) is 15.4. The van der Waals surface area contributed by atoms with Crippen molar-refractivity contribution in [2.24, 2.45) is 0 Å².